The van der Waals surface area contributed by atoms with E-state index in [1.54, 1.807) is 0 Å². The first-order valence-corrected chi connectivity index (χ1v) is 9.56. The molecular formula is C16H11ClF3N3O3S. The van der Waals surface area contributed by atoms with E-state index >= 15 is 0 Å². The predicted molar refractivity (Wildman–Crippen MR) is 91.6 cm³/mol. The molecule has 0 aliphatic rings. The van der Waals surface area contributed by atoms with Crippen molar-refractivity contribution in [3.8, 4) is 22.7 Å². The summed E-state index contributed by atoms with van der Waals surface area (Å²) in [7, 11) is -3.56. The van der Waals surface area contributed by atoms with E-state index in [1.165, 1.54) is 30.3 Å². The second-order valence-electron chi connectivity index (χ2n) is 5.62. The summed E-state index contributed by atoms with van der Waals surface area (Å²) < 4.78 is 63.4. The van der Waals surface area contributed by atoms with Gasteiger partial charge in [-0.1, -0.05) is 11.6 Å². The van der Waals surface area contributed by atoms with Crippen molar-refractivity contribution in [2.24, 2.45) is 0 Å². The van der Waals surface area contributed by atoms with Crippen LogP contribution in [0.1, 0.15) is 5.69 Å². The molecule has 11 heteroatoms. The second-order valence-corrected chi connectivity index (χ2v) is 7.99. The Kier molecular flexibility index (Phi) is 4.64. The molecule has 0 atom stereocenters. The number of hydrogen-bond acceptors (Lipinski definition) is 5. The van der Waals surface area contributed by atoms with Gasteiger partial charge in [-0.25, -0.2) is 18.1 Å². The van der Waals surface area contributed by atoms with Crippen molar-refractivity contribution in [1.29, 1.82) is 0 Å². The van der Waals surface area contributed by atoms with Crippen molar-refractivity contribution in [1.82, 2.24) is 14.8 Å². The zero-order valence-electron chi connectivity index (χ0n) is 13.6. The molecule has 0 unspecified atom stereocenters. The number of aromatic nitrogens is 3. The molecule has 0 radical (unpaired) electrons. The number of rotatable bonds is 3. The van der Waals surface area contributed by atoms with Crippen LogP contribution in [0, 0.1) is 0 Å². The number of benzene rings is 1. The summed E-state index contributed by atoms with van der Waals surface area (Å²) in [6.45, 7) is 0. The van der Waals surface area contributed by atoms with Crippen LogP contribution in [0.2, 0.25) is 5.02 Å². The molecule has 0 amide bonds. The normalized spacial score (nSPS) is 12.3. The number of hydrogen-bond donors (Lipinski definition) is 1. The van der Waals surface area contributed by atoms with Crippen LogP contribution >= 0.6 is 11.6 Å². The van der Waals surface area contributed by atoms with Gasteiger partial charge in [0.15, 0.2) is 20.6 Å². The van der Waals surface area contributed by atoms with E-state index in [4.69, 9.17) is 11.6 Å². The molecule has 142 valence electrons. The van der Waals surface area contributed by atoms with Crippen molar-refractivity contribution < 1.29 is 26.7 Å². The molecule has 2 aromatic heterocycles. The standard InChI is InChI=1S/C16H11ClF3N3O3S/c1-27(25,26)15-5-3-10(8-21-15)23-12(7-14(22-23)16(18,19)20)9-2-4-13(24)11(17)6-9/h2-8,24H,1H3. The van der Waals surface area contributed by atoms with Gasteiger partial charge in [0, 0.05) is 11.8 Å². The Labute approximate surface area is 156 Å². The first-order valence-electron chi connectivity index (χ1n) is 7.29. The van der Waals surface area contributed by atoms with Crippen LogP contribution in [-0.4, -0.2) is 34.5 Å². The summed E-state index contributed by atoms with van der Waals surface area (Å²) in [6.07, 6.45) is -2.62. The van der Waals surface area contributed by atoms with Crippen LogP contribution in [0.5, 0.6) is 5.75 Å². The van der Waals surface area contributed by atoms with Gasteiger partial charge in [-0.15, -0.1) is 0 Å². The first kappa shape index (κ1) is 19.2. The van der Waals surface area contributed by atoms with Crippen LogP contribution in [-0.2, 0) is 16.0 Å². The molecule has 0 spiro atoms. The van der Waals surface area contributed by atoms with Gasteiger partial charge >= 0.3 is 6.18 Å². The minimum atomic E-state index is -4.69. The van der Waals surface area contributed by atoms with Gasteiger partial charge in [0.2, 0.25) is 0 Å². The van der Waals surface area contributed by atoms with Gasteiger partial charge in [-0.2, -0.15) is 18.3 Å². The van der Waals surface area contributed by atoms with E-state index in [0.717, 1.165) is 23.2 Å². The third kappa shape index (κ3) is 3.91. The summed E-state index contributed by atoms with van der Waals surface area (Å²) in [4.78, 5) is 3.77. The van der Waals surface area contributed by atoms with Crippen LogP contribution in [0.25, 0.3) is 16.9 Å². The quantitative estimate of drug-likeness (QED) is 0.702. The van der Waals surface area contributed by atoms with E-state index in [1.807, 2.05) is 0 Å². The van der Waals surface area contributed by atoms with Crippen LogP contribution in [0.3, 0.4) is 0 Å². The van der Waals surface area contributed by atoms with Crippen LogP contribution in [0.15, 0.2) is 47.6 Å². The highest BCUT2D eigenvalue weighted by Crippen LogP contribution is 2.35. The Hall–Kier alpha value is -2.59. The molecule has 6 nitrogen and oxygen atoms in total. The molecule has 0 aliphatic heterocycles. The van der Waals surface area contributed by atoms with Crippen molar-refractivity contribution in [3.05, 3.63) is 53.3 Å². The molecule has 3 aromatic rings. The molecule has 1 aromatic carbocycles. The van der Waals surface area contributed by atoms with Gasteiger partial charge in [-0.05, 0) is 36.4 Å². The number of alkyl halides is 3. The van der Waals surface area contributed by atoms with Crippen LogP contribution < -0.4 is 0 Å². The van der Waals surface area contributed by atoms with Crippen molar-refractivity contribution >= 4 is 21.4 Å². The lowest BCUT2D eigenvalue weighted by Gasteiger charge is -2.09. The van der Waals surface area contributed by atoms with E-state index < -0.39 is 21.7 Å². The molecule has 2 heterocycles. The van der Waals surface area contributed by atoms with Gasteiger partial charge in [-0.3, -0.25) is 0 Å². The summed E-state index contributed by atoms with van der Waals surface area (Å²) in [6, 6.07) is 7.21. The molecule has 0 saturated carbocycles. The Balaban J connectivity index is 2.19. The fourth-order valence-electron chi connectivity index (χ4n) is 2.31. The lowest BCUT2D eigenvalue weighted by molar-refractivity contribution is -0.141. The Morgan fingerprint density at radius 3 is 2.37 bits per heavy atom. The van der Waals surface area contributed by atoms with Gasteiger partial charge in [0.05, 0.1) is 22.6 Å². The fraction of sp³-hybridized carbons (Fsp3) is 0.125. The Morgan fingerprint density at radius 1 is 1.15 bits per heavy atom. The lowest BCUT2D eigenvalue weighted by Crippen LogP contribution is -2.08. The number of nitrogens with zero attached hydrogens (tertiary/aromatic N) is 3. The average Bonchev–Trinajstić information content (AvgIpc) is 3.02. The first-order chi connectivity index (χ1) is 12.5. The van der Waals surface area contributed by atoms with E-state index in [0.29, 0.717) is 0 Å². The summed E-state index contributed by atoms with van der Waals surface area (Å²) in [5.41, 5.74) is -0.711. The Morgan fingerprint density at radius 2 is 1.85 bits per heavy atom. The molecular weight excluding hydrogens is 407 g/mol. The maximum Gasteiger partial charge on any atom is 0.435 e. The molecule has 0 bridgehead atoms. The van der Waals surface area contributed by atoms with Gasteiger partial charge in [0.25, 0.3) is 0 Å². The highest BCUT2D eigenvalue weighted by Gasteiger charge is 2.35. The summed E-state index contributed by atoms with van der Waals surface area (Å²) in [5, 5.41) is 12.8. The SMILES string of the molecule is CS(=O)(=O)c1ccc(-n2nc(C(F)(F)F)cc2-c2ccc(O)c(Cl)c2)cn1. The second kappa shape index (κ2) is 6.54. The van der Waals surface area contributed by atoms with E-state index in [-0.39, 0.29) is 32.7 Å². The summed E-state index contributed by atoms with van der Waals surface area (Å²) in [5.74, 6) is -0.221. The van der Waals surface area contributed by atoms with Crippen molar-refractivity contribution in [2.45, 2.75) is 11.2 Å². The largest absolute Gasteiger partial charge is 0.506 e. The molecule has 27 heavy (non-hydrogen) atoms. The Bertz CT molecular complexity index is 1110. The maximum atomic E-state index is 13.1. The lowest BCUT2D eigenvalue weighted by atomic mass is 10.1. The predicted octanol–water partition coefficient (Wildman–Crippen LogP) is 3.72. The number of phenols is 1. The average molecular weight is 418 g/mol. The van der Waals surface area contributed by atoms with E-state index in [9.17, 15) is 26.7 Å². The maximum absolute atomic E-state index is 13.1. The monoisotopic (exact) mass is 417 g/mol. The molecule has 3 rings (SSSR count). The number of pyridine rings is 1. The molecule has 1 N–H and O–H groups in total. The number of phenolic OH excluding ortho intramolecular Hbond substituents is 1. The van der Waals surface area contributed by atoms with Gasteiger partial charge in [0.1, 0.15) is 5.75 Å². The number of halogens is 4. The third-order valence-electron chi connectivity index (χ3n) is 3.59. The fourth-order valence-corrected chi connectivity index (χ4v) is 3.05. The molecule has 0 fully saturated rings. The smallest absolute Gasteiger partial charge is 0.435 e. The molecule has 0 aliphatic carbocycles. The third-order valence-corrected chi connectivity index (χ3v) is 4.89. The highest BCUT2D eigenvalue weighted by atomic mass is 35.5. The summed E-state index contributed by atoms with van der Waals surface area (Å²) >= 11 is 5.85. The minimum Gasteiger partial charge on any atom is -0.506 e. The van der Waals surface area contributed by atoms with Crippen molar-refractivity contribution in [2.75, 3.05) is 6.26 Å². The number of sulfone groups is 1. The highest BCUT2D eigenvalue weighted by molar-refractivity contribution is 7.90. The van der Waals surface area contributed by atoms with Crippen molar-refractivity contribution in [3.63, 3.8) is 0 Å². The zero-order valence-corrected chi connectivity index (χ0v) is 15.1. The van der Waals surface area contributed by atoms with Gasteiger partial charge < -0.3 is 5.11 Å². The zero-order chi connectivity index (χ0) is 20.0. The minimum absolute atomic E-state index is 0.0399. The number of aromatic hydroxyl groups is 1. The topological polar surface area (TPSA) is 85.1 Å². The van der Waals surface area contributed by atoms with Crippen LogP contribution in [0.4, 0.5) is 13.2 Å². The molecule has 0 saturated heterocycles. The van der Waals surface area contributed by atoms with E-state index in [2.05, 4.69) is 10.1 Å².